The van der Waals surface area contributed by atoms with Crippen LogP contribution in [0.5, 0.6) is 11.5 Å². The van der Waals surface area contributed by atoms with Crippen LogP contribution in [0.3, 0.4) is 0 Å². The Labute approximate surface area is 254 Å². The molecule has 0 aromatic heterocycles. The predicted molar refractivity (Wildman–Crippen MR) is 166 cm³/mol. The molecule has 2 heterocycles. The number of benzene rings is 3. The summed E-state index contributed by atoms with van der Waals surface area (Å²) in [5.41, 5.74) is 4.75. The molecule has 3 aromatic rings. The molecule has 4 aliphatic rings. The molecule has 0 radical (unpaired) electrons. The second-order valence-corrected chi connectivity index (χ2v) is 13.3. The molecule has 2 aliphatic carbocycles. The standard InChI is InChI=1S/C37H40N2O4/c1-23-10-11-27(20-24(23)2)12-15-31(41)38(4)33-25(3)22-37(42)30-21-28-13-14-29(40)34-32(28)36(37,35(33)43-34)17-19-39(30)18-16-26-8-6-5-7-9-26/h5-11,13-14,20,25,30,33,35,40,42H,16-19,21-22H2,1-4H3/t25-,30+,33+,35-,36-,37+/m0/s1. The van der Waals surface area contributed by atoms with E-state index in [1.54, 1.807) is 11.0 Å². The fourth-order valence-electron chi connectivity index (χ4n) is 8.82. The summed E-state index contributed by atoms with van der Waals surface area (Å²) in [7, 11) is 1.81. The van der Waals surface area contributed by atoms with Crippen LogP contribution >= 0.6 is 0 Å². The highest BCUT2D eigenvalue weighted by Crippen LogP contribution is 2.66. The number of likely N-dealkylation sites (tertiary alicyclic amines) is 1. The van der Waals surface area contributed by atoms with Crippen LogP contribution in [0.1, 0.15) is 53.1 Å². The maximum atomic E-state index is 13.6. The van der Waals surface area contributed by atoms with Gasteiger partial charge in [0.1, 0.15) is 6.10 Å². The summed E-state index contributed by atoms with van der Waals surface area (Å²) in [6, 6.07) is 19.8. The Morgan fingerprint density at radius 1 is 1.12 bits per heavy atom. The second kappa shape index (κ2) is 10.1. The average molecular weight is 577 g/mol. The normalized spacial score (nSPS) is 30.1. The van der Waals surface area contributed by atoms with Crippen LogP contribution in [0.4, 0.5) is 0 Å². The first-order valence-corrected chi connectivity index (χ1v) is 15.5. The van der Waals surface area contributed by atoms with Crippen molar-refractivity contribution in [1.29, 1.82) is 0 Å². The van der Waals surface area contributed by atoms with Crippen molar-refractivity contribution in [2.45, 2.75) is 75.7 Å². The van der Waals surface area contributed by atoms with Gasteiger partial charge in [0.15, 0.2) is 11.5 Å². The topological polar surface area (TPSA) is 73.2 Å². The molecule has 6 nitrogen and oxygen atoms in total. The van der Waals surface area contributed by atoms with Gasteiger partial charge in [-0.15, -0.1) is 0 Å². The highest BCUT2D eigenvalue weighted by molar-refractivity contribution is 5.94. The van der Waals surface area contributed by atoms with Crippen LogP contribution < -0.4 is 4.74 Å². The Balaban J connectivity index is 1.24. The van der Waals surface area contributed by atoms with Crippen LogP contribution in [0, 0.1) is 31.6 Å². The summed E-state index contributed by atoms with van der Waals surface area (Å²) in [5, 5.41) is 23.9. The van der Waals surface area contributed by atoms with E-state index in [-0.39, 0.29) is 29.7 Å². The number of likely N-dealkylation sites (N-methyl/N-ethyl adjacent to an activating group) is 1. The van der Waals surface area contributed by atoms with Crippen molar-refractivity contribution in [3.05, 3.63) is 94.0 Å². The average Bonchev–Trinajstić information content (AvgIpc) is 3.34. The fraction of sp³-hybridized carbons (Fsp3) is 0.432. The third kappa shape index (κ3) is 4.12. The SMILES string of the molecule is Cc1ccc(C#CC(=O)N(C)[C@@H]2[C@@H](C)C[C@@]3(O)[C@H]4Cc5ccc(O)c6c5[C@@]3(CCN4CCc3ccccc3)[C@H]2O6)cc1C. The van der Waals surface area contributed by atoms with Crippen LogP contribution in [0.25, 0.3) is 0 Å². The van der Waals surface area contributed by atoms with E-state index in [0.717, 1.165) is 41.8 Å². The fourth-order valence-corrected chi connectivity index (χ4v) is 8.82. The van der Waals surface area contributed by atoms with Gasteiger partial charge in [-0.05, 0) is 92.4 Å². The molecule has 0 unspecified atom stereocenters. The maximum absolute atomic E-state index is 13.6. The van der Waals surface area contributed by atoms with Gasteiger partial charge in [-0.25, -0.2) is 0 Å². The number of aliphatic hydroxyl groups is 1. The number of nitrogens with zero attached hydrogens (tertiary/aromatic N) is 2. The van der Waals surface area contributed by atoms with Crippen molar-refractivity contribution in [3.8, 4) is 23.3 Å². The van der Waals surface area contributed by atoms with Crippen molar-refractivity contribution >= 4 is 5.91 Å². The number of carbonyl (C=O) groups is 1. The Kier molecular flexibility index (Phi) is 6.61. The van der Waals surface area contributed by atoms with E-state index in [0.29, 0.717) is 25.0 Å². The summed E-state index contributed by atoms with van der Waals surface area (Å²) < 4.78 is 6.71. The van der Waals surface area contributed by atoms with E-state index in [1.807, 2.05) is 44.3 Å². The summed E-state index contributed by atoms with van der Waals surface area (Å²) in [5.74, 6) is 6.21. The lowest BCUT2D eigenvalue weighted by atomic mass is 9.46. The number of rotatable bonds is 4. The lowest BCUT2D eigenvalue weighted by Gasteiger charge is -2.66. The molecule has 2 fully saturated rings. The number of carbonyl (C=O) groups excluding carboxylic acids is 1. The lowest BCUT2D eigenvalue weighted by molar-refractivity contribution is -0.211. The van der Waals surface area contributed by atoms with Crippen molar-refractivity contribution in [1.82, 2.24) is 9.80 Å². The maximum Gasteiger partial charge on any atom is 0.298 e. The molecule has 1 amide bonds. The van der Waals surface area contributed by atoms with Crippen LogP contribution in [0.2, 0.25) is 0 Å². The summed E-state index contributed by atoms with van der Waals surface area (Å²) in [6.07, 6.45) is 2.38. The minimum absolute atomic E-state index is 0.0462. The number of phenols is 1. The lowest BCUT2D eigenvalue weighted by Crippen LogP contribution is -2.79. The predicted octanol–water partition coefficient (Wildman–Crippen LogP) is 4.53. The number of aromatic hydroxyl groups is 1. The Hall–Kier alpha value is -3.79. The van der Waals surface area contributed by atoms with E-state index in [1.165, 1.54) is 11.1 Å². The highest BCUT2D eigenvalue weighted by atomic mass is 16.5. The van der Waals surface area contributed by atoms with Crippen molar-refractivity contribution < 1.29 is 19.7 Å². The molecule has 1 saturated heterocycles. The minimum Gasteiger partial charge on any atom is -0.504 e. The molecule has 6 atom stereocenters. The summed E-state index contributed by atoms with van der Waals surface area (Å²) in [6.45, 7) is 7.90. The molecule has 1 spiro atoms. The van der Waals surface area contributed by atoms with Gasteiger partial charge in [0.05, 0.1) is 17.1 Å². The molecule has 2 N–H and O–H groups in total. The number of aryl methyl sites for hydroxylation is 2. The first-order chi connectivity index (χ1) is 20.6. The molecule has 1 saturated carbocycles. The quantitative estimate of drug-likeness (QED) is 0.447. The van der Waals surface area contributed by atoms with Gasteiger partial charge >= 0.3 is 0 Å². The summed E-state index contributed by atoms with van der Waals surface area (Å²) >= 11 is 0. The van der Waals surface area contributed by atoms with E-state index >= 15 is 0 Å². The Morgan fingerprint density at radius 3 is 2.67 bits per heavy atom. The molecular formula is C37H40N2O4. The van der Waals surface area contributed by atoms with Crippen molar-refractivity contribution in [3.63, 3.8) is 0 Å². The Bertz CT molecular complexity index is 1660. The number of amides is 1. The highest BCUT2D eigenvalue weighted by Gasteiger charge is 2.74. The molecule has 222 valence electrons. The number of ether oxygens (including phenoxy) is 1. The van der Waals surface area contributed by atoms with Gasteiger partial charge in [0.2, 0.25) is 0 Å². The molecule has 3 aromatic carbocycles. The second-order valence-electron chi connectivity index (χ2n) is 13.3. The van der Waals surface area contributed by atoms with Crippen molar-refractivity contribution in [2.75, 3.05) is 20.1 Å². The van der Waals surface area contributed by atoms with Crippen LogP contribution in [-0.2, 0) is 23.1 Å². The molecule has 2 bridgehead atoms. The Morgan fingerprint density at radius 2 is 1.91 bits per heavy atom. The van der Waals surface area contributed by atoms with E-state index in [9.17, 15) is 15.0 Å². The molecule has 2 aliphatic heterocycles. The number of hydrogen-bond donors (Lipinski definition) is 2. The number of hydrogen-bond acceptors (Lipinski definition) is 5. The third-order valence-corrected chi connectivity index (χ3v) is 11.0. The molecule has 43 heavy (non-hydrogen) atoms. The summed E-state index contributed by atoms with van der Waals surface area (Å²) in [4.78, 5) is 17.8. The van der Waals surface area contributed by atoms with Crippen LogP contribution in [-0.4, -0.2) is 69.8 Å². The zero-order valence-corrected chi connectivity index (χ0v) is 25.4. The van der Waals surface area contributed by atoms with Gasteiger partial charge in [0, 0.05) is 36.7 Å². The largest absolute Gasteiger partial charge is 0.504 e. The van der Waals surface area contributed by atoms with E-state index in [2.05, 4.69) is 54.9 Å². The van der Waals surface area contributed by atoms with Crippen molar-refractivity contribution in [2.24, 2.45) is 5.92 Å². The van der Waals surface area contributed by atoms with Gasteiger partial charge in [-0.2, -0.15) is 0 Å². The van der Waals surface area contributed by atoms with Gasteiger partial charge in [0.25, 0.3) is 5.91 Å². The number of phenolic OH excluding ortho intramolecular Hbond substituents is 1. The monoisotopic (exact) mass is 576 g/mol. The zero-order valence-electron chi connectivity index (χ0n) is 25.4. The minimum atomic E-state index is -1.05. The van der Waals surface area contributed by atoms with Gasteiger partial charge < -0.3 is 19.8 Å². The molecule has 7 rings (SSSR count). The van der Waals surface area contributed by atoms with Crippen LogP contribution in [0.15, 0.2) is 60.7 Å². The number of piperidine rings is 1. The first-order valence-electron chi connectivity index (χ1n) is 15.5. The molecule has 6 heteroatoms. The van der Waals surface area contributed by atoms with Gasteiger partial charge in [-0.1, -0.05) is 55.3 Å². The third-order valence-electron chi connectivity index (χ3n) is 11.0. The first kappa shape index (κ1) is 28.0. The van der Waals surface area contributed by atoms with E-state index in [4.69, 9.17) is 4.74 Å². The van der Waals surface area contributed by atoms with Gasteiger partial charge in [-0.3, -0.25) is 9.69 Å². The van der Waals surface area contributed by atoms with E-state index < -0.39 is 17.1 Å². The zero-order chi connectivity index (χ0) is 30.1. The smallest absolute Gasteiger partial charge is 0.298 e. The molecular weight excluding hydrogens is 536 g/mol.